The monoisotopic (exact) mass is 342 g/mol. The third kappa shape index (κ3) is 3.10. The standard InChI is InChI=1S/C15H27BrN4/c1-6-12-14(16)13(19(5)18-12)9-20-10-15(4,7-2)17-8-11(20)3/h11,17H,6-10H2,1-5H3. The molecule has 1 aliphatic rings. The Morgan fingerprint density at radius 1 is 1.45 bits per heavy atom. The molecule has 5 heteroatoms. The van der Waals surface area contributed by atoms with Crippen LogP contribution in [0.25, 0.3) is 0 Å². The van der Waals surface area contributed by atoms with Gasteiger partial charge in [-0.3, -0.25) is 9.58 Å². The highest BCUT2D eigenvalue weighted by Crippen LogP contribution is 2.26. The fourth-order valence-corrected chi connectivity index (χ4v) is 3.56. The van der Waals surface area contributed by atoms with E-state index in [0.717, 1.165) is 38.2 Å². The van der Waals surface area contributed by atoms with Crippen LogP contribution in [0.15, 0.2) is 4.47 Å². The molecule has 1 aromatic rings. The fraction of sp³-hybridized carbons (Fsp3) is 0.800. The van der Waals surface area contributed by atoms with Gasteiger partial charge in [0.25, 0.3) is 0 Å². The van der Waals surface area contributed by atoms with Crippen molar-refractivity contribution in [3.05, 3.63) is 15.9 Å². The molecule has 0 saturated carbocycles. The summed E-state index contributed by atoms with van der Waals surface area (Å²) in [5.41, 5.74) is 2.67. The molecule has 2 heterocycles. The smallest absolute Gasteiger partial charge is 0.0767 e. The lowest BCUT2D eigenvalue weighted by molar-refractivity contribution is 0.0842. The van der Waals surface area contributed by atoms with Gasteiger partial charge in [-0.15, -0.1) is 0 Å². The van der Waals surface area contributed by atoms with Crippen molar-refractivity contribution >= 4 is 15.9 Å². The molecule has 0 amide bonds. The lowest BCUT2D eigenvalue weighted by Gasteiger charge is -2.45. The predicted molar refractivity (Wildman–Crippen MR) is 86.9 cm³/mol. The molecule has 2 rings (SSSR count). The zero-order valence-corrected chi connectivity index (χ0v) is 14.9. The Kier molecular flexibility index (Phi) is 4.92. The molecule has 1 saturated heterocycles. The van der Waals surface area contributed by atoms with E-state index in [1.165, 1.54) is 10.2 Å². The van der Waals surface area contributed by atoms with Crippen molar-refractivity contribution in [3.63, 3.8) is 0 Å². The minimum absolute atomic E-state index is 0.227. The van der Waals surface area contributed by atoms with E-state index in [1.807, 2.05) is 11.7 Å². The molecule has 2 atom stereocenters. The van der Waals surface area contributed by atoms with E-state index in [0.29, 0.717) is 6.04 Å². The van der Waals surface area contributed by atoms with Crippen molar-refractivity contribution in [1.29, 1.82) is 0 Å². The zero-order chi connectivity index (χ0) is 14.9. The predicted octanol–water partition coefficient (Wildman–Crippen LogP) is 2.71. The van der Waals surface area contributed by atoms with Crippen LogP contribution in [0.4, 0.5) is 0 Å². The van der Waals surface area contributed by atoms with Gasteiger partial charge in [-0.25, -0.2) is 0 Å². The summed E-state index contributed by atoms with van der Waals surface area (Å²) >= 11 is 3.73. The molecule has 1 aliphatic heterocycles. The molecule has 0 aromatic carbocycles. The first-order valence-corrected chi connectivity index (χ1v) is 8.38. The van der Waals surface area contributed by atoms with Crippen LogP contribution in [0, 0.1) is 0 Å². The highest BCUT2D eigenvalue weighted by atomic mass is 79.9. The Hall–Kier alpha value is -0.390. The van der Waals surface area contributed by atoms with Crippen molar-refractivity contribution in [3.8, 4) is 0 Å². The molecule has 1 N–H and O–H groups in total. The number of nitrogens with one attached hydrogen (secondary N) is 1. The minimum atomic E-state index is 0.227. The van der Waals surface area contributed by atoms with Gasteiger partial charge in [-0.2, -0.15) is 5.10 Å². The minimum Gasteiger partial charge on any atom is -0.309 e. The van der Waals surface area contributed by atoms with E-state index in [9.17, 15) is 0 Å². The van der Waals surface area contributed by atoms with Gasteiger partial charge in [0, 0.05) is 38.3 Å². The summed E-state index contributed by atoms with van der Waals surface area (Å²) in [7, 11) is 2.05. The Morgan fingerprint density at radius 2 is 2.15 bits per heavy atom. The average molecular weight is 343 g/mol. The number of aryl methyl sites for hydroxylation is 2. The van der Waals surface area contributed by atoms with Gasteiger partial charge in [0.1, 0.15) is 0 Å². The molecule has 0 spiro atoms. The van der Waals surface area contributed by atoms with Gasteiger partial charge in [0.2, 0.25) is 0 Å². The van der Waals surface area contributed by atoms with Gasteiger partial charge < -0.3 is 5.32 Å². The summed E-state index contributed by atoms with van der Waals surface area (Å²) in [6.45, 7) is 12.1. The van der Waals surface area contributed by atoms with Crippen molar-refractivity contribution < 1.29 is 0 Å². The first-order valence-electron chi connectivity index (χ1n) is 7.59. The second-order valence-electron chi connectivity index (χ2n) is 6.23. The highest BCUT2D eigenvalue weighted by Gasteiger charge is 2.33. The maximum Gasteiger partial charge on any atom is 0.0767 e. The van der Waals surface area contributed by atoms with E-state index < -0.39 is 0 Å². The van der Waals surface area contributed by atoms with Crippen molar-refractivity contribution in [2.75, 3.05) is 13.1 Å². The molecular weight excluding hydrogens is 316 g/mol. The summed E-state index contributed by atoms with van der Waals surface area (Å²) in [6, 6.07) is 0.557. The Labute approximate surface area is 131 Å². The van der Waals surface area contributed by atoms with Crippen LogP contribution in [0.1, 0.15) is 45.5 Å². The summed E-state index contributed by atoms with van der Waals surface area (Å²) in [4.78, 5) is 2.57. The highest BCUT2D eigenvalue weighted by molar-refractivity contribution is 9.10. The Balaban J connectivity index is 2.18. The molecule has 1 aromatic heterocycles. The summed E-state index contributed by atoms with van der Waals surface area (Å²) in [5, 5.41) is 8.28. The second-order valence-corrected chi connectivity index (χ2v) is 7.03. The molecular formula is C15H27BrN4. The summed E-state index contributed by atoms with van der Waals surface area (Å²) < 4.78 is 3.22. The quantitative estimate of drug-likeness (QED) is 0.913. The maximum absolute atomic E-state index is 4.60. The van der Waals surface area contributed by atoms with Crippen molar-refractivity contribution in [2.45, 2.75) is 58.7 Å². The normalized spacial score (nSPS) is 28.0. The molecule has 20 heavy (non-hydrogen) atoms. The third-order valence-corrected chi connectivity index (χ3v) is 5.55. The number of piperazine rings is 1. The van der Waals surface area contributed by atoms with Crippen molar-refractivity contribution in [1.82, 2.24) is 20.0 Å². The largest absolute Gasteiger partial charge is 0.309 e. The van der Waals surface area contributed by atoms with Gasteiger partial charge in [0.05, 0.1) is 15.9 Å². The Morgan fingerprint density at radius 3 is 2.70 bits per heavy atom. The van der Waals surface area contributed by atoms with E-state index in [1.54, 1.807) is 0 Å². The maximum atomic E-state index is 4.60. The first kappa shape index (κ1) is 16.0. The number of nitrogens with zero attached hydrogens (tertiary/aromatic N) is 3. The van der Waals surface area contributed by atoms with Gasteiger partial charge >= 0.3 is 0 Å². The molecule has 2 unspecified atom stereocenters. The van der Waals surface area contributed by atoms with Crippen LogP contribution in [0.3, 0.4) is 0 Å². The molecule has 0 aliphatic carbocycles. The molecule has 1 fully saturated rings. The van der Waals surface area contributed by atoms with E-state index in [-0.39, 0.29) is 5.54 Å². The summed E-state index contributed by atoms with van der Waals surface area (Å²) in [5.74, 6) is 0. The van der Waals surface area contributed by atoms with E-state index in [2.05, 4.69) is 58.9 Å². The topological polar surface area (TPSA) is 33.1 Å². The molecule has 0 radical (unpaired) electrons. The summed E-state index contributed by atoms with van der Waals surface area (Å²) in [6.07, 6.45) is 2.13. The number of halogens is 1. The SMILES string of the molecule is CCc1nn(C)c(CN2CC(C)(CC)NCC2C)c1Br. The second kappa shape index (κ2) is 6.16. The van der Waals surface area contributed by atoms with Crippen LogP contribution >= 0.6 is 15.9 Å². The molecule has 0 bridgehead atoms. The van der Waals surface area contributed by atoms with Gasteiger partial charge in [0.15, 0.2) is 0 Å². The lowest BCUT2D eigenvalue weighted by Crippen LogP contribution is -2.61. The lowest BCUT2D eigenvalue weighted by atomic mass is 9.93. The van der Waals surface area contributed by atoms with Crippen LogP contribution < -0.4 is 5.32 Å². The van der Waals surface area contributed by atoms with E-state index in [4.69, 9.17) is 0 Å². The fourth-order valence-electron chi connectivity index (χ4n) is 2.82. The number of rotatable bonds is 4. The average Bonchev–Trinajstić information content (AvgIpc) is 2.70. The number of aromatic nitrogens is 2. The number of hydrogen-bond donors (Lipinski definition) is 1. The molecule has 4 nitrogen and oxygen atoms in total. The van der Waals surface area contributed by atoms with Crippen LogP contribution in [-0.2, 0) is 20.0 Å². The van der Waals surface area contributed by atoms with Gasteiger partial charge in [-0.1, -0.05) is 13.8 Å². The third-order valence-electron chi connectivity index (χ3n) is 4.64. The van der Waals surface area contributed by atoms with E-state index >= 15 is 0 Å². The first-order chi connectivity index (χ1) is 9.40. The van der Waals surface area contributed by atoms with Crippen LogP contribution in [-0.4, -0.2) is 39.4 Å². The van der Waals surface area contributed by atoms with Crippen LogP contribution in [0.5, 0.6) is 0 Å². The van der Waals surface area contributed by atoms with Crippen LogP contribution in [0.2, 0.25) is 0 Å². The molecule has 114 valence electrons. The Bertz CT molecular complexity index is 471. The van der Waals surface area contributed by atoms with Gasteiger partial charge in [-0.05, 0) is 42.6 Å². The number of hydrogen-bond acceptors (Lipinski definition) is 3. The zero-order valence-electron chi connectivity index (χ0n) is 13.3. The van der Waals surface area contributed by atoms with Crippen molar-refractivity contribution in [2.24, 2.45) is 7.05 Å².